The summed E-state index contributed by atoms with van der Waals surface area (Å²) in [6, 6.07) is 0. The highest BCUT2D eigenvalue weighted by Gasteiger charge is 1.98. The maximum atomic E-state index is 9.21. The van der Waals surface area contributed by atoms with E-state index in [-0.39, 0.29) is 4.11 Å². The highest BCUT2D eigenvalue weighted by molar-refractivity contribution is 14.1. The van der Waals surface area contributed by atoms with Gasteiger partial charge in [-0.1, -0.05) is 177 Å². The Morgan fingerprint density at radius 2 is 0.643 bits per heavy atom. The summed E-state index contributed by atoms with van der Waals surface area (Å²) in [4.78, 5) is 0. The summed E-state index contributed by atoms with van der Waals surface area (Å²) in [7, 11) is 0. The first-order valence-electron chi connectivity index (χ1n) is 13.1. The monoisotopic (exact) mass is 508 g/mol. The van der Waals surface area contributed by atoms with E-state index in [0.29, 0.717) is 0 Å². The van der Waals surface area contributed by atoms with Crippen molar-refractivity contribution in [1.82, 2.24) is 0 Å². The third-order valence-electron chi connectivity index (χ3n) is 6.05. The summed E-state index contributed by atoms with van der Waals surface area (Å²) in [6.07, 6.45) is 34.0. The van der Waals surface area contributed by atoms with E-state index in [0.717, 1.165) is 6.42 Å². The second-order valence-electron chi connectivity index (χ2n) is 9.00. The molecule has 1 unspecified atom stereocenters. The van der Waals surface area contributed by atoms with Gasteiger partial charge in [-0.3, -0.25) is 0 Å². The molecule has 0 rings (SSSR count). The fourth-order valence-electron chi connectivity index (χ4n) is 4.10. The summed E-state index contributed by atoms with van der Waals surface area (Å²) < 4.78 is -0.132. The molecule has 170 valence electrons. The summed E-state index contributed by atoms with van der Waals surface area (Å²) in [6.45, 7) is 2.30. The van der Waals surface area contributed by atoms with Gasteiger partial charge in [0.25, 0.3) is 0 Å². The highest BCUT2D eigenvalue weighted by atomic mass is 127. The van der Waals surface area contributed by atoms with E-state index < -0.39 is 0 Å². The van der Waals surface area contributed by atoms with Crippen LogP contribution in [0.3, 0.4) is 0 Å². The molecule has 0 saturated carbocycles. The Bertz CT molecular complexity index is 267. The summed E-state index contributed by atoms with van der Waals surface area (Å²) in [5.41, 5.74) is 0. The molecule has 0 fully saturated rings. The van der Waals surface area contributed by atoms with Crippen LogP contribution in [0.5, 0.6) is 0 Å². The third kappa shape index (κ3) is 26.7. The largest absolute Gasteiger partial charge is 0.383 e. The van der Waals surface area contributed by atoms with Crippen molar-refractivity contribution in [3.63, 3.8) is 0 Å². The van der Waals surface area contributed by atoms with Gasteiger partial charge in [-0.2, -0.15) is 0 Å². The van der Waals surface area contributed by atoms with Crippen LogP contribution in [0.15, 0.2) is 0 Å². The molecule has 1 atom stereocenters. The predicted octanol–water partition coefficient (Wildman–Crippen LogP) is 10.1. The van der Waals surface area contributed by atoms with Gasteiger partial charge in [-0.15, -0.1) is 0 Å². The maximum absolute atomic E-state index is 9.21. The lowest BCUT2D eigenvalue weighted by Gasteiger charge is -2.04. The van der Waals surface area contributed by atoms with Gasteiger partial charge in [-0.05, 0) is 6.42 Å². The number of unbranched alkanes of at least 4 members (excludes halogenated alkanes) is 22. The minimum absolute atomic E-state index is 0.132. The molecule has 0 aromatic rings. The number of hydrogen-bond acceptors (Lipinski definition) is 1. The molecular formula is C26H53IO. The van der Waals surface area contributed by atoms with Crippen LogP contribution in [0.4, 0.5) is 0 Å². The Labute approximate surface area is 192 Å². The Balaban J connectivity index is 2.98. The summed E-state index contributed by atoms with van der Waals surface area (Å²) in [5, 5.41) is 9.21. The molecule has 1 nitrogen and oxygen atoms in total. The van der Waals surface area contributed by atoms with Gasteiger partial charge >= 0.3 is 0 Å². The van der Waals surface area contributed by atoms with Gasteiger partial charge < -0.3 is 5.11 Å². The first-order valence-corrected chi connectivity index (χ1v) is 14.3. The Morgan fingerprint density at radius 1 is 0.429 bits per heavy atom. The lowest BCUT2D eigenvalue weighted by Crippen LogP contribution is -1.93. The molecule has 2 heteroatoms. The molecule has 0 aliphatic heterocycles. The van der Waals surface area contributed by atoms with Crippen LogP contribution < -0.4 is 0 Å². The number of rotatable bonds is 24. The normalized spacial score (nSPS) is 12.5. The first-order chi connectivity index (χ1) is 13.8. The van der Waals surface area contributed by atoms with E-state index in [1.807, 2.05) is 0 Å². The second kappa shape index (κ2) is 25.7. The van der Waals surface area contributed by atoms with Crippen LogP contribution in [-0.2, 0) is 0 Å². The van der Waals surface area contributed by atoms with Gasteiger partial charge in [0, 0.05) is 0 Å². The third-order valence-corrected chi connectivity index (χ3v) is 6.67. The number of aliphatic hydroxyl groups is 1. The van der Waals surface area contributed by atoms with Crippen molar-refractivity contribution in [2.45, 2.75) is 165 Å². The summed E-state index contributed by atoms with van der Waals surface area (Å²) >= 11 is 2.11. The quantitative estimate of drug-likeness (QED) is 0.0781. The minimum Gasteiger partial charge on any atom is -0.383 e. The lowest BCUT2D eigenvalue weighted by molar-refractivity contribution is 0.263. The van der Waals surface area contributed by atoms with E-state index in [1.54, 1.807) is 0 Å². The molecule has 0 aromatic carbocycles. The average molecular weight is 509 g/mol. The SMILES string of the molecule is CCCCCCCCCCCCCCCCCCCCCCCCCC(O)I. The minimum atomic E-state index is -0.132. The number of hydrogen-bond donors (Lipinski definition) is 1. The molecule has 28 heavy (non-hydrogen) atoms. The highest BCUT2D eigenvalue weighted by Crippen LogP contribution is 2.16. The van der Waals surface area contributed by atoms with Crippen molar-refractivity contribution in [3.8, 4) is 0 Å². The number of aliphatic hydroxyl groups excluding tert-OH is 1. The van der Waals surface area contributed by atoms with E-state index >= 15 is 0 Å². The smallest absolute Gasteiger partial charge is 0.105 e. The van der Waals surface area contributed by atoms with Crippen LogP contribution >= 0.6 is 22.6 Å². The Hall–Kier alpha value is 0.690. The maximum Gasteiger partial charge on any atom is 0.105 e. The van der Waals surface area contributed by atoms with E-state index in [2.05, 4.69) is 29.5 Å². The zero-order valence-corrected chi connectivity index (χ0v) is 21.5. The van der Waals surface area contributed by atoms with Crippen LogP contribution in [0.1, 0.15) is 161 Å². The Morgan fingerprint density at radius 3 is 0.857 bits per heavy atom. The molecule has 0 aliphatic carbocycles. The fraction of sp³-hybridized carbons (Fsp3) is 1.00. The standard InChI is InChI=1S/C26H53IO/c1-2-3-4-5-6-7-8-9-10-11-12-13-14-15-16-17-18-19-20-21-22-23-24-25-26(27)28/h26,28H,2-25H2,1H3. The Kier molecular flexibility index (Phi) is 26.4. The zero-order valence-electron chi connectivity index (χ0n) is 19.4. The molecular weight excluding hydrogens is 455 g/mol. The predicted molar refractivity (Wildman–Crippen MR) is 137 cm³/mol. The van der Waals surface area contributed by atoms with Crippen molar-refractivity contribution in [2.24, 2.45) is 0 Å². The zero-order chi connectivity index (χ0) is 20.5. The molecule has 0 aliphatic rings. The molecule has 0 heterocycles. The molecule has 0 aromatic heterocycles. The van der Waals surface area contributed by atoms with Crippen LogP contribution in [0.2, 0.25) is 0 Å². The van der Waals surface area contributed by atoms with Gasteiger partial charge in [-0.25, -0.2) is 0 Å². The fourth-order valence-corrected chi connectivity index (χ4v) is 4.54. The van der Waals surface area contributed by atoms with Crippen LogP contribution in [0.25, 0.3) is 0 Å². The van der Waals surface area contributed by atoms with Crippen molar-refractivity contribution in [2.75, 3.05) is 0 Å². The molecule has 1 N–H and O–H groups in total. The lowest BCUT2D eigenvalue weighted by atomic mass is 10.0. The van der Waals surface area contributed by atoms with E-state index in [1.165, 1.54) is 148 Å². The van der Waals surface area contributed by atoms with Crippen LogP contribution in [-0.4, -0.2) is 9.22 Å². The molecule has 0 bridgehead atoms. The molecule has 0 saturated heterocycles. The second-order valence-corrected chi connectivity index (χ2v) is 10.4. The van der Waals surface area contributed by atoms with E-state index in [9.17, 15) is 5.11 Å². The van der Waals surface area contributed by atoms with Crippen molar-refractivity contribution in [1.29, 1.82) is 0 Å². The first kappa shape index (κ1) is 28.7. The van der Waals surface area contributed by atoms with Crippen molar-refractivity contribution >= 4 is 22.6 Å². The molecule has 0 amide bonds. The molecule has 0 radical (unpaired) electrons. The van der Waals surface area contributed by atoms with Gasteiger partial charge in [0.2, 0.25) is 0 Å². The number of halogens is 1. The van der Waals surface area contributed by atoms with Gasteiger partial charge in [0.1, 0.15) is 4.11 Å². The van der Waals surface area contributed by atoms with Crippen molar-refractivity contribution in [3.05, 3.63) is 0 Å². The average Bonchev–Trinajstić information content (AvgIpc) is 2.68. The topological polar surface area (TPSA) is 20.2 Å². The number of alkyl halides is 1. The van der Waals surface area contributed by atoms with Gasteiger partial charge in [0.05, 0.1) is 0 Å². The van der Waals surface area contributed by atoms with E-state index in [4.69, 9.17) is 0 Å². The summed E-state index contributed by atoms with van der Waals surface area (Å²) in [5.74, 6) is 0. The van der Waals surface area contributed by atoms with Gasteiger partial charge in [0.15, 0.2) is 0 Å². The molecule has 0 spiro atoms. The van der Waals surface area contributed by atoms with Crippen molar-refractivity contribution < 1.29 is 5.11 Å². The van der Waals surface area contributed by atoms with Crippen LogP contribution in [0, 0.1) is 0 Å².